The zero-order chi connectivity index (χ0) is 10.8. The number of rotatable bonds is 2. The van der Waals surface area contributed by atoms with Crippen molar-refractivity contribution in [2.45, 2.75) is 26.1 Å². The highest BCUT2D eigenvalue weighted by atomic mass is 19.4. The van der Waals surface area contributed by atoms with Crippen LogP contribution in [-0.4, -0.2) is 17.2 Å². The number of halogens is 3. The van der Waals surface area contributed by atoms with Gasteiger partial charge in [0.25, 0.3) is 0 Å². The van der Waals surface area contributed by atoms with E-state index in [1.54, 1.807) is 0 Å². The number of aromatic amines is 1. The molecule has 0 bridgehead atoms. The Bertz CT molecular complexity index is 323. The van der Waals surface area contributed by atoms with Crippen LogP contribution < -0.4 is 0 Å². The van der Waals surface area contributed by atoms with Crippen molar-refractivity contribution in [3.8, 4) is 0 Å². The van der Waals surface area contributed by atoms with E-state index in [0.717, 1.165) is 6.07 Å². The molecule has 0 fully saturated rings. The van der Waals surface area contributed by atoms with Crippen LogP contribution in [-0.2, 0) is 6.18 Å². The first-order valence-electron chi connectivity index (χ1n) is 4.19. The largest absolute Gasteiger partial charge is 0.431 e. The predicted octanol–water partition coefficient (Wildman–Crippen LogP) is 2.86. The third-order valence-corrected chi connectivity index (χ3v) is 1.53. The Morgan fingerprint density at radius 3 is 2.43 bits per heavy atom. The summed E-state index contributed by atoms with van der Waals surface area (Å²) >= 11 is 0. The molecule has 1 aromatic rings. The van der Waals surface area contributed by atoms with E-state index in [0.29, 0.717) is 5.69 Å². The zero-order valence-corrected chi connectivity index (χ0v) is 7.89. The molecule has 1 aromatic heterocycles. The lowest BCUT2D eigenvalue weighted by Crippen LogP contribution is -2.05. The van der Waals surface area contributed by atoms with E-state index in [1.807, 2.05) is 13.8 Å². The van der Waals surface area contributed by atoms with E-state index >= 15 is 0 Å². The van der Waals surface area contributed by atoms with Crippen LogP contribution in [0.2, 0.25) is 0 Å². The van der Waals surface area contributed by atoms with Crippen molar-refractivity contribution in [2.24, 2.45) is 4.99 Å². The first kappa shape index (κ1) is 10.8. The van der Waals surface area contributed by atoms with Gasteiger partial charge in [-0.3, -0.25) is 4.99 Å². The summed E-state index contributed by atoms with van der Waals surface area (Å²) in [5.74, 6) is 0. The van der Waals surface area contributed by atoms with Crippen molar-refractivity contribution in [3.63, 3.8) is 0 Å². The number of aliphatic imine (C=N–C) groups is 1. The minimum absolute atomic E-state index is 0.0765. The minimum Gasteiger partial charge on any atom is -0.350 e. The van der Waals surface area contributed by atoms with Crippen molar-refractivity contribution >= 4 is 6.21 Å². The Morgan fingerprint density at radius 1 is 1.36 bits per heavy atom. The summed E-state index contributed by atoms with van der Waals surface area (Å²) in [6.45, 7) is 3.70. The van der Waals surface area contributed by atoms with Crippen LogP contribution in [0.1, 0.15) is 25.2 Å². The predicted molar refractivity (Wildman–Crippen MR) is 48.5 cm³/mol. The van der Waals surface area contributed by atoms with Gasteiger partial charge in [0, 0.05) is 12.3 Å². The lowest BCUT2D eigenvalue weighted by atomic mass is 10.4. The van der Waals surface area contributed by atoms with Gasteiger partial charge in [0.1, 0.15) is 5.69 Å². The lowest BCUT2D eigenvalue weighted by molar-refractivity contribution is -0.140. The first-order chi connectivity index (χ1) is 6.39. The lowest BCUT2D eigenvalue weighted by Gasteiger charge is -2.01. The Balaban J connectivity index is 2.79. The highest BCUT2D eigenvalue weighted by molar-refractivity contribution is 5.77. The molecular formula is C9H11F3N2. The molecule has 78 valence electrons. The van der Waals surface area contributed by atoms with Crippen LogP contribution in [0.15, 0.2) is 17.1 Å². The fourth-order valence-electron chi connectivity index (χ4n) is 0.882. The zero-order valence-electron chi connectivity index (χ0n) is 7.89. The number of nitrogens with one attached hydrogen (secondary N) is 1. The van der Waals surface area contributed by atoms with Gasteiger partial charge in [-0.25, -0.2) is 0 Å². The van der Waals surface area contributed by atoms with Gasteiger partial charge in [-0.2, -0.15) is 13.2 Å². The van der Waals surface area contributed by atoms with Gasteiger partial charge in [-0.05, 0) is 26.0 Å². The van der Waals surface area contributed by atoms with E-state index in [1.165, 1.54) is 12.3 Å². The Hall–Kier alpha value is -1.26. The Labute approximate surface area is 79.9 Å². The molecule has 0 aliphatic heterocycles. The van der Waals surface area contributed by atoms with Crippen molar-refractivity contribution in [2.75, 3.05) is 0 Å². The van der Waals surface area contributed by atoms with Crippen LogP contribution >= 0.6 is 0 Å². The average Bonchev–Trinajstić information content (AvgIpc) is 2.47. The number of alkyl halides is 3. The summed E-state index contributed by atoms with van der Waals surface area (Å²) in [5, 5.41) is 0. The van der Waals surface area contributed by atoms with Crippen LogP contribution in [0.3, 0.4) is 0 Å². The maximum absolute atomic E-state index is 12.1. The first-order valence-corrected chi connectivity index (χ1v) is 4.19. The summed E-state index contributed by atoms with van der Waals surface area (Å²) in [6.07, 6.45) is -2.91. The average molecular weight is 204 g/mol. The van der Waals surface area contributed by atoms with Crippen molar-refractivity contribution in [1.82, 2.24) is 4.98 Å². The maximum atomic E-state index is 12.1. The molecule has 1 heterocycles. The fourth-order valence-corrected chi connectivity index (χ4v) is 0.882. The second-order valence-corrected chi connectivity index (χ2v) is 3.20. The molecule has 14 heavy (non-hydrogen) atoms. The minimum atomic E-state index is -4.32. The summed E-state index contributed by atoms with van der Waals surface area (Å²) in [6, 6.07) is 2.43. The highest BCUT2D eigenvalue weighted by Crippen LogP contribution is 2.27. The van der Waals surface area contributed by atoms with Crippen molar-refractivity contribution in [3.05, 3.63) is 23.5 Å². The molecule has 0 amide bonds. The topological polar surface area (TPSA) is 28.1 Å². The van der Waals surface area contributed by atoms with Gasteiger partial charge < -0.3 is 4.98 Å². The van der Waals surface area contributed by atoms with Gasteiger partial charge >= 0.3 is 6.18 Å². The summed E-state index contributed by atoms with van der Waals surface area (Å²) in [5.41, 5.74) is -0.381. The van der Waals surface area contributed by atoms with E-state index in [9.17, 15) is 13.2 Å². The smallest absolute Gasteiger partial charge is 0.350 e. The standard InChI is InChI=1S/C9H11F3N2/c1-6(2)13-5-7-3-4-8(14-7)9(10,11)12/h3-6,14H,1-2H3. The number of aromatic nitrogens is 1. The molecule has 5 heteroatoms. The van der Waals surface area contributed by atoms with Gasteiger partial charge in [0.15, 0.2) is 0 Å². The molecule has 1 rings (SSSR count). The number of H-pyrrole nitrogens is 1. The maximum Gasteiger partial charge on any atom is 0.431 e. The number of hydrogen-bond acceptors (Lipinski definition) is 1. The molecule has 0 aromatic carbocycles. The van der Waals surface area contributed by atoms with Crippen LogP contribution in [0.5, 0.6) is 0 Å². The molecule has 0 radical (unpaired) electrons. The second-order valence-electron chi connectivity index (χ2n) is 3.20. The highest BCUT2D eigenvalue weighted by Gasteiger charge is 2.31. The monoisotopic (exact) mass is 204 g/mol. The SMILES string of the molecule is CC(C)N=Cc1ccc(C(F)(F)F)[nH]1. The third-order valence-electron chi connectivity index (χ3n) is 1.53. The molecule has 0 spiro atoms. The van der Waals surface area contributed by atoms with E-state index in [4.69, 9.17) is 0 Å². The van der Waals surface area contributed by atoms with Gasteiger partial charge in [-0.1, -0.05) is 0 Å². The van der Waals surface area contributed by atoms with Gasteiger partial charge in [-0.15, -0.1) is 0 Å². The molecule has 0 aliphatic carbocycles. The Kier molecular flexibility index (Phi) is 2.98. The molecule has 0 atom stereocenters. The molecule has 0 saturated heterocycles. The van der Waals surface area contributed by atoms with Gasteiger partial charge in [0.05, 0.1) is 5.69 Å². The summed E-state index contributed by atoms with van der Waals surface area (Å²) < 4.78 is 36.4. The molecule has 2 nitrogen and oxygen atoms in total. The summed E-state index contributed by atoms with van der Waals surface area (Å²) in [7, 11) is 0. The Morgan fingerprint density at radius 2 is 2.00 bits per heavy atom. The number of hydrogen-bond donors (Lipinski definition) is 1. The van der Waals surface area contributed by atoms with E-state index < -0.39 is 11.9 Å². The summed E-state index contributed by atoms with van der Waals surface area (Å²) in [4.78, 5) is 6.20. The molecule has 0 saturated carbocycles. The molecule has 1 N–H and O–H groups in total. The molecule has 0 aliphatic rings. The van der Waals surface area contributed by atoms with Crippen LogP contribution in [0.25, 0.3) is 0 Å². The van der Waals surface area contributed by atoms with Crippen molar-refractivity contribution in [1.29, 1.82) is 0 Å². The normalized spacial score (nSPS) is 13.0. The fraction of sp³-hybridized carbons (Fsp3) is 0.444. The van der Waals surface area contributed by atoms with E-state index in [2.05, 4.69) is 9.98 Å². The van der Waals surface area contributed by atoms with Gasteiger partial charge in [0.2, 0.25) is 0 Å². The quantitative estimate of drug-likeness (QED) is 0.717. The third kappa shape index (κ3) is 2.90. The number of nitrogens with zero attached hydrogens (tertiary/aromatic N) is 1. The molecule has 0 unspecified atom stereocenters. The van der Waals surface area contributed by atoms with Crippen LogP contribution in [0.4, 0.5) is 13.2 Å². The van der Waals surface area contributed by atoms with Crippen molar-refractivity contribution < 1.29 is 13.2 Å². The van der Waals surface area contributed by atoms with E-state index in [-0.39, 0.29) is 6.04 Å². The second kappa shape index (κ2) is 3.86. The van der Waals surface area contributed by atoms with Crippen LogP contribution in [0, 0.1) is 0 Å². The molecular weight excluding hydrogens is 193 g/mol.